The second-order valence-corrected chi connectivity index (χ2v) is 6.72. The minimum Gasteiger partial charge on any atom is -0.370 e. The highest BCUT2D eigenvalue weighted by molar-refractivity contribution is 14.1. The Morgan fingerprint density at radius 2 is 2.00 bits per heavy atom. The van der Waals surface area contributed by atoms with Gasteiger partial charge in [0.05, 0.1) is 0 Å². The Kier molecular flexibility index (Phi) is 4.55. The Labute approximate surface area is 97.1 Å². The highest BCUT2D eigenvalue weighted by Gasteiger charge is 2.22. The van der Waals surface area contributed by atoms with Gasteiger partial charge >= 0.3 is 0 Å². The molecule has 0 saturated heterocycles. The largest absolute Gasteiger partial charge is 0.370 e. The lowest BCUT2D eigenvalue weighted by atomic mass is 10.4. The van der Waals surface area contributed by atoms with Gasteiger partial charge in [0.2, 0.25) is 0 Å². The zero-order valence-corrected chi connectivity index (χ0v) is 10.5. The molecule has 1 atom stereocenters. The quantitative estimate of drug-likeness (QED) is 0.396. The monoisotopic (exact) mass is 308 g/mol. The van der Waals surface area contributed by atoms with Crippen LogP contribution in [-0.2, 0) is 0 Å². The molecule has 1 unspecified atom stereocenters. The number of hydrogen-bond donors (Lipinski definition) is 1. The van der Waals surface area contributed by atoms with Crippen LogP contribution in [0.4, 0.5) is 0 Å². The summed E-state index contributed by atoms with van der Waals surface area (Å²) in [4.78, 5) is 1.12. The molecular weight excluding hydrogens is 295 g/mol. The molecule has 1 nitrogen and oxygen atoms in total. The van der Waals surface area contributed by atoms with E-state index in [1.807, 2.05) is 30.3 Å². The minimum atomic E-state index is -0.659. The van der Waals surface area contributed by atoms with Crippen LogP contribution in [-0.4, -0.2) is 8.05 Å². The topological polar surface area (TPSA) is 20.2 Å². The van der Waals surface area contributed by atoms with Gasteiger partial charge in [-0.3, -0.25) is 0 Å². The van der Waals surface area contributed by atoms with Crippen LogP contribution >= 0.6 is 34.4 Å². The summed E-state index contributed by atoms with van der Waals surface area (Å²) in [6.45, 7) is 2.08. The third-order valence-corrected chi connectivity index (χ3v) is 3.80. The second-order valence-electron chi connectivity index (χ2n) is 2.85. The van der Waals surface area contributed by atoms with Crippen molar-refractivity contribution in [2.75, 3.05) is 0 Å². The lowest BCUT2D eigenvalue weighted by molar-refractivity contribution is 0.235. The van der Waals surface area contributed by atoms with Crippen LogP contribution in [0.1, 0.15) is 19.8 Å². The Morgan fingerprint density at radius 1 is 1.38 bits per heavy atom. The summed E-state index contributed by atoms with van der Waals surface area (Å²) in [6, 6.07) is 9.99. The zero-order valence-electron chi connectivity index (χ0n) is 7.53. The van der Waals surface area contributed by atoms with Crippen molar-refractivity contribution in [2.45, 2.75) is 27.6 Å². The number of aliphatic hydroxyl groups is 1. The smallest absolute Gasteiger partial charge is 0.166 e. The van der Waals surface area contributed by atoms with Crippen molar-refractivity contribution in [3.05, 3.63) is 30.3 Å². The van der Waals surface area contributed by atoms with E-state index in [0.29, 0.717) is 0 Å². The van der Waals surface area contributed by atoms with Crippen LogP contribution in [0.5, 0.6) is 0 Å². The molecule has 72 valence electrons. The number of rotatable bonds is 4. The molecule has 0 bridgehead atoms. The SMILES string of the molecule is CCCC(O)(I)Sc1ccccc1. The van der Waals surface area contributed by atoms with Gasteiger partial charge in [0, 0.05) is 4.90 Å². The van der Waals surface area contributed by atoms with E-state index in [4.69, 9.17) is 0 Å². The van der Waals surface area contributed by atoms with Crippen molar-refractivity contribution >= 4 is 34.4 Å². The first kappa shape index (κ1) is 11.3. The molecule has 13 heavy (non-hydrogen) atoms. The van der Waals surface area contributed by atoms with E-state index < -0.39 is 2.94 Å². The summed E-state index contributed by atoms with van der Waals surface area (Å²) < 4.78 is -0.659. The average Bonchev–Trinajstić information content (AvgIpc) is 2.04. The third-order valence-electron chi connectivity index (χ3n) is 1.58. The van der Waals surface area contributed by atoms with Crippen LogP contribution in [0.2, 0.25) is 0 Å². The summed E-state index contributed by atoms with van der Waals surface area (Å²) in [5, 5.41) is 9.92. The molecule has 3 heteroatoms. The highest BCUT2D eigenvalue weighted by atomic mass is 127. The molecule has 0 amide bonds. The van der Waals surface area contributed by atoms with E-state index in [9.17, 15) is 5.11 Å². The summed E-state index contributed by atoms with van der Waals surface area (Å²) in [5.74, 6) is 0. The van der Waals surface area contributed by atoms with Gasteiger partial charge in [-0.2, -0.15) is 0 Å². The fraction of sp³-hybridized carbons (Fsp3) is 0.400. The summed E-state index contributed by atoms with van der Waals surface area (Å²) in [6.07, 6.45) is 1.81. The van der Waals surface area contributed by atoms with E-state index in [1.165, 1.54) is 11.8 Å². The molecule has 0 aromatic heterocycles. The highest BCUT2D eigenvalue weighted by Crippen LogP contribution is 2.39. The lowest BCUT2D eigenvalue weighted by Gasteiger charge is -2.19. The van der Waals surface area contributed by atoms with Crippen LogP contribution in [0, 0.1) is 0 Å². The van der Waals surface area contributed by atoms with Crippen molar-refractivity contribution in [1.82, 2.24) is 0 Å². The molecule has 0 aliphatic carbocycles. The fourth-order valence-corrected chi connectivity index (χ4v) is 3.29. The maximum Gasteiger partial charge on any atom is 0.166 e. The van der Waals surface area contributed by atoms with E-state index >= 15 is 0 Å². The van der Waals surface area contributed by atoms with E-state index in [0.717, 1.165) is 17.7 Å². The van der Waals surface area contributed by atoms with E-state index in [2.05, 4.69) is 29.5 Å². The molecule has 1 aromatic carbocycles. The molecule has 0 heterocycles. The Balaban J connectivity index is 2.58. The predicted octanol–water partition coefficient (Wildman–Crippen LogP) is 3.66. The number of alkyl halides is 1. The molecular formula is C10H13IOS. The molecule has 0 aliphatic rings. The standard InChI is InChI=1S/C10H13IOS/c1-2-8-10(11,12)13-9-6-4-3-5-7-9/h3-7,12H,2,8H2,1H3. The molecule has 1 rings (SSSR count). The zero-order chi connectivity index (χ0) is 9.73. The lowest BCUT2D eigenvalue weighted by Crippen LogP contribution is -2.12. The van der Waals surface area contributed by atoms with Crippen LogP contribution in [0.25, 0.3) is 0 Å². The maximum absolute atomic E-state index is 9.92. The van der Waals surface area contributed by atoms with Crippen molar-refractivity contribution in [3.63, 3.8) is 0 Å². The molecule has 1 N–H and O–H groups in total. The van der Waals surface area contributed by atoms with Gasteiger partial charge in [-0.1, -0.05) is 43.3 Å². The molecule has 0 saturated carbocycles. The number of benzene rings is 1. The van der Waals surface area contributed by atoms with Crippen molar-refractivity contribution in [2.24, 2.45) is 0 Å². The van der Waals surface area contributed by atoms with Crippen molar-refractivity contribution in [1.29, 1.82) is 0 Å². The first-order valence-electron chi connectivity index (χ1n) is 4.29. The Hall–Kier alpha value is 0.260. The van der Waals surface area contributed by atoms with E-state index in [1.54, 1.807) is 0 Å². The fourth-order valence-electron chi connectivity index (χ4n) is 1.03. The van der Waals surface area contributed by atoms with Crippen LogP contribution in [0.15, 0.2) is 35.2 Å². The molecule has 0 spiro atoms. The van der Waals surface area contributed by atoms with Crippen LogP contribution in [0.3, 0.4) is 0 Å². The third kappa shape index (κ3) is 4.33. The summed E-state index contributed by atoms with van der Waals surface area (Å²) in [7, 11) is 0. The number of hydrogen-bond acceptors (Lipinski definition) is 2. The maximum atomic E-state index is 9.92. The minimum absolute atomic E-state index is 0.659. The van der Waals surface area contributed by atoms with Gasteiger partial charge in [0.25, 0.3) is 0 Å². The van der Waals surface area contributed by atoms with Gasteiger partial charge in [0.1, 0.15) is 0 Å². The molecule has 0 radical (unpaired) electrons. The number of thioether (sulfide) groups is 1. The Morgan fingerprint density at radius 3 is 2.54 bits per heavy atom. The normalized spacial score (nSPS) is 15.3. The van der Waals surface area contributed by atoms with E-state index in [-0.39, 0.29) is 0 Å². The molecule has 0 aliphatic heterocycles. The van der Waals surface area contributed by atoms with Gasteiger partial charge in [0.15, 0.2) is 2.94 Å². The first-order valence-corrected chi connectivity index (χ1v) is 6.19. The molecule has 1 aromatic rings. The number of halogens is 1. The van der Waals surface area contributed by atoms with Gasteiger partial charge in [-0.15, -0.1) is 0 Å². The van der Waals surface area contributed by atoms with Crippen LogP contribution < -0.4 is 0 Å². The molecule has 0 fully saturated rings. The average molecular weight is 308 g/mol. The summed E-state index contributed by atoms with van der Waals surface area (Å²) >= 11 is 3.61. The first-order chi connectivity index (χ1) is 6.14. The predicted molar refractivity (Wildman–Crippen MR) is 66.2 cm³/mol. The van der Waals surface area contributed by atoms with Gasteiger partial charge in [-0.05, 0) is 41.1 Å². The second kappa shape index (κ2) is 5.22. The van der Waals surface area contributed by atoms with Gasteiger partial charge in [-0.25, -0.2) is 0 Å². The van der Waals surface area contributed by atoms with Crippen molar-refractivity contribution < 1.29 is 5.11 Å². The Bertz CT molecular complexity index is 248. The van der Waals surface area contributed by atoms with Crippen molar-refractivity contribution in [3.8, 4) is 0 Å². The summed E-state index contributed by atoms with van der Waals surface area (Å²) in [5.41, 5.74) is 0. The van der Waals surface area contributed by atoms with Gasteiger partial charge < -0.3 is 5.11 Å².